The maximum atomic E-state index is 12.8. The Kier molecular flexibility index (Phi) is 5.56. The van der Waals surface area contributed by atoms with Gasteiger partial charge in [-0.2, -0.15) is 0 Å². The first kappa shape index (κ1) is 17.0. The van der Waals surface area contributed by atoms with E-state index in [0.29, 0.717) is 0 Å². The number of amides is 1. The highest BCUT2D eigenvalue weighted by Crippen LogP contribution is 2.26. The molecule has 1 aliphatic heterocycles. The van der Waals surface area contributed by atoms with E-state index in [1.165, 1.54) is 16.1 Å². The number of nitrogens with zero attached hydrogens (tertiary/aromatic N) is 2. The molecular weight excluding hydrogens is 316 g/mol. The Labute approximate surface area is 148 Å². The number of hydrogen-bond acceptors (Lipinski definition) is 3. The quantitative estimate of drug-likeness (QED) is 0.812. The third-order valence-electron chi connectivity index (χ3n) is 4.65. The summed E-state index contributed by atoms with van der Waals surface area (Å²) in [5.74, 6) is 0.213. The Morgan fingerprint density at radius 1 is 1.08 bits per heavy atom. The summed E-state index contributed by atoms with van der Waals surface area (Å²) in [6.45, 7) is 7.79. The van der Waals surface area contributed by atoms with Gasteiger partial charge in [0, 0.05) is 36.7 Å². The van der Waals surface area contributed by atoms with Gasteiger partial charge < -0.3 is 9.80 Å². The lowest BCUT2D eigenvalue weighted by molar-refractivity contribution is 0.0751. The number of anilines is 1. The molecule has 3 nitrogen and oxygen atoms in total. The first-order valence-corrected chi connectivity index (χ1v) is 9.75. The van der Waals surface area contributed by atoms with Crippen molar-refractivity contribution in [3.05, 3.63) is 51.7 Å². The molecule has 0 bridgehead atoms. The molecule has 1 aromatic heterocycles. The van der Waals surface area contributed by atoms with E-state index >= 15 is 0 Å². The number of carbonyl (C=O) groups is 1. The third-order valence-corrected chi connectivity index (χ3v) is 5.88. The van der Waals surface area contributed by atoms with Crippen LogP contribution in [0.4, 0.5) is 5.69 Å². The normalized spacial score (nSPS) is 14.9. The maximum absolute atomic E-state index is 12.8. The van der Waals surface area contributed by atoms with E-state index < -0.39 is 0 Å². The van der Waals surface area contributed by atoms with E-state index in [0.717, 1.165) is 50.3 Å². The SMILES string of the molecule is CCCc1sc(C(=O)N2CCN(c3ccccc3)CC2)cc1CC. The van der Waals surface area contributed by atoms with E-state index in [1.54, 1.807) is 11.3 Å². The third kappa shape index (κ3) is 3.64. The van der Waals surface area contributed by atoms with Crippen molar-refractivity contribution in [1.82, 2.24) is 4.90 Å². The minimum Gasteiger partial charge on any atom is -0.368 e. The molecule has 0 saturated carbocycles. The zero-order chi connectivity index (χ0) is 16.9. The average molecular weight is 343 g/mol. The fourth-order valence-electron chi connectivity index (χ4n) is 3.27. The summed E-state index contributed by atoms with van der Waals surface area (Å²) in [7, 11) is 0. The van der Waals surface area contributed by atoms with Gasteiger partial charge in [0.25, 0.3) is 5.91 Å². The standard InChI is InChI=1S/C20H26N2OS/c1-3-8-18-16(4-2)15-19(24-18)20(23)22-13-11-21(12-14-22)17-9-6-5-7-10-17/h5-7,9-10,15H,3-4,8,11-14H2,1-2H3. The van der Waals surface area contributed by atoms with E-state index in [2.05, 4.69) is 49.1 Å². The molecule has 1 aromatic carbocycles. The topological polar surface area (TPSA) is 23.6 Å². The summed E-state index contributed by atoms with van der Waals surface area (Å²) in [6.07, 6.45) is 3.24. The molecule has 1 aliphatic rings. The molecule has 0 aliphatic carbocycles. The summed E-state index contributed by atoms with van der Waals surface area (Å²) >= 11 is 1.70. The molecule has 0 atom stereocenters. The number of carbonyl (C=O) groups excluding carboxylic acids is 1. The number of piperazine rings is 1. The Bertz CT molecular complexity index is 672. The Morgan fingerprint density at radius 3 is 2.42 bits per heavy atom. The van der Waals surface area contributed by atoms with Crippen LogP contribution < -0.4 is 4.90 Å². The highest BCUT2D eigenvalue weighted by atomic mass is 32.1. The number of hydrogen-bond donors (Lipinski definition) is 0. The smallest absolute Gasteiger partial charge is 0.264 e. The summed E-state index contributed by atoms with van der Waals surface area (Å²) in [4.78, 5) is 19.5. The van der Waals surface area contributed by atoms with Crippen molar-refractivity contribution in [2.45, 2.75) is 33.1 Å². The predicted molar refractivity (Wildman–Crippen MR) is 102 cm³/mol. The van der Waals surface area contributed by atoms with Gasteiger partial charge in [-0.1, -0.05) is 38.5 Å². The molecule has 0 N–H and O–H groups in total. The zero-order valence-corrected chi connectivity index (χ0v) is 15.4. The molecular formula is C20H26N2OS. The molecule has 2 aromatic rings. The van der Waals surface area contributed by atoms with Crippen LogP contribution >= 0.6 is 11.3 Å². The van der Waals surface area contributed by atoms with Crippen molar-refractivity contribution < 1.29 is 4.79 Å². The molecule has 1 saturated heterocycles. The van der Waals surface area contributed by atoms with Gasteiger partial charge in [-0.05, 0) is 36.6 Å². The Balaban J connectivity index is 1.65. The second-order valence-corrected chi connectivity index (χ2v) is 7.41. The van der Waals surface area contributed by atoms with Crippen LogP contribution in [-0.2, 0) is 12.8 Å². The van der Waals surface area contributed by atoms with Gasteiger partial charge in [-0.25, -0.2) is 0 Å². The summed E-state index contributed by atoms with van der Waals surface area (Å²) in [6, 6.07) is 12.6. The average Bonchev–Trinajstić information content (AvgIpc) is 3.05. The van der Waals surface area contributed by atoms with Crippen LogP contribution in [0.25, 0.3) is 0 Å². The number of rotatable bonds is 5. The first-order valence-electron chi connectivity index (χ1n) is 8.93. The van der Waals surface area contributed by atoms with Crippen molar-refractivity contribution in [1.29, 1.82) is 0 Å². The monoisotopic (exact) mass is 342 g/mol. The molecule has 1 fully saturated rings. The van der Waals surface area contributed by atoms with Crippen LogP contribution in [0.1, 0.15) is 40.4 Å². The number of aryl methyl sites for hydroxylation is 2. The van der Waals surface area contributed by atoms with Gasteiger partial charge in [0.15, 0.2) is 0 Å². The van der Waals surface area contributed by atoms with Gasteiger partial charge in [-0.3, -0.25) is 4.79 Å². The number of para-hydroxylation sites is 1. The van der Waals surface area contributed by atoms with E-state index in [1.807, 2.05) is 11.0 Å². The highest BCUT2D eigenvalue weighted by Gasteiger charge is 2.24. The largest absolute Gasteiger partial charge is 0.368 e. The van der Waals surface area contributed by atoms with Crippen LogP contribution in [0, 0.1) is 0 Å². The second kappa shape index (κ2) is 7.84. The molecule has 2 heterocycles. The van der Waals surface area contributed by atoms with Gasteiger partial charge in [0.2, 0.25) is 0 Å². The van der Waals surface area contributed by atoms with Crippen molar-refractivity contribution in [3.63, 3.8) is 0 Å². The fraction of sp³-hybridized carbons (Fsp3) is 0.450. The second-order valence-electron chi connectivity index (χ2n) is 6.28. The van der Waals surface area contributed by atoms with Crippen LogP contribution in [0.2, 0.25) is 0 Å². The summed E-state index contributed by atoms with van der Waals surface area (Å²) in [5.41, 5.74) is 2.60. The molecule has 128 valence electrons. The number of thiophene rings is 1. The van der Waals surface area contributed by atoms with Crippen LogP contribution in [0.5, 0.6) is 0 Å². The molecule has 0 unspecified atom stereocenters. The van der Waals surface area contributed by atoms with Crippen molar-refractivity contribution in [2.24, 2.45) is 0 Å². The van der Waals surface area contributed by atoms with Gasteiger partial charge in [0.1, 0.15) is 0 Å². The van der Waals surface area contributed by atoms with E-state index in [4.69, 9.17) is 0 Å². The summed E-state index contributed by atoms with van der Waals surface area (Å²) < 4.78 is 0. The minimum absolute atomic E-state index is 0.213. The lowest BCUT2D eigenvalue weighted by Gasteiger charge is -2.36. The van der Waals surface area contributed by atoms with Crippen molar-refractivity contribution >= 4 is 22.9 Å². The van der Waals surface area contributed by atoms with Gasteiger partial charge in [-0.15, -0.1) is 11.3 Å². The van der Waals surface area contributed by atoms with Crippen molar-refractivity contribution in [3.8, 4) is 0 Å². The number of benzene rings is 1. The molecule has 4 heteroatoms. The fourth-order valence-corrected chi connectivity index (χ4v) is 4.60. The molecule has 1 amide bonds. The van der Waals surface area contributed by atoms with E-state index in [9.17, 15) is 4.79 Å². The molecule has 24 heavy (non-hydrogen) atoms. The van der Waals surface area contributed by atoms with Crippen LogP contribution in [0.15, 0.2) is 36.4 Å². The lowest BCUT2D eigenvalue weighted by Crippen LogP contribution is -2.48. The molecule has 0 spiro atoms. The molecule has 0 radical (unpaired) electrons. The maximum Gasteiger partial charge on any atom is 0.264 e. The first-order chi connectivity index (χ1) is 11.7. The van der Waals surface area contributed by atoms with Gasteiger partial charge >= 0.3 is 0 Å². The summed E-state index contributed by atoms with van der Waals surface area (Å²) in [5, 5.41) is 0. The Hall–Kier alpha value is -1.81. The van der Waals surface area contributed by atoms with Crippen LogP contribution in [0.3, 0.4) is 0 Å². The predicted octanol–water partition coefficient (Wildman–Crippen LogP) is 4.23. The van der Waals surface area contributed by atoms with Gasteiger partial charge in [0.05, 0.1) is 4.88 Å². The Morgan fingerprint density at radius 2 is 1.79 bits per heavy atom. The highest BCUT2D eigenvalue weighted by molar-refractivity contribution is 7.14. The van der Waals surface area contributed by atoms with Crippen LogP contribution in [-0.4, -0.2) is 37.0 Å². The van der Waals surface area contributed by atoms with Crippen molar-refractivity contribution in [2.75, 3.05) is 31.1 Å². The minimum atomic E-state index is 0.213. The molecule has 3 rings (SSSR count). The van der Waals surface area contributed by atoms with E-state index in [-0.39, 0.29) is 5.91 Å². The lowest BCUT2D eigenvalue weighted by atomic mass is 10.1. The zero-order valence-electron chi connectivity index (χ0n) is 14.6.